The summed E-state index contributed by atoms with van der Waals surface area (Å²) in [5.74, 6) is -2.39. The number of amides is 1. The Kier molecular flexibility index (Phi) is 10.9. The number of carbonyl (C=O) groups is 4. The van der Waals surface area contributed by atoms with Crippen molar-refractivity contribution < 1.29 is 28.7 Å². The largest absolute Gasteiger partial charge is 0.466 e. The Morgan fingerprint density at radius 3 is 2.39 bits per heavy atom. The van der Waals surface area contributed by atoms with Crippen LogP contribution in [0.15, 0.2) is 24.5 Å². The van der Waals surface area contributed by atoms with Gasteiger partial charge in [0.05, 0.1) is 19.1 Å². The molecule has 0 aliphatic rings. The van der Waals surface area contributed by atoms with E-state index in [1.165, 1.54) is 24.9 Å². The van der Waals surface area contributed by atoms with Gasteiger partial charge in [-0.15, -0.1) is 0 Å². The number of carbonyl (C=O) groups excluding carboxylic acids is 4. The van der Waals surface area contributed by atoms with Crippen molar-refractivity contribution >= 4 is 35.9 Å². The summed E-state index contributed by atoms with van der Waals surface area (Å²) in [7, 11) is 0. The van der Waals surface area contributed by atoms with Crippen LogP contribution in [0.3, 0.4) is 0 Å². The zero-order valence-electron chi connectivity index (χ0n) is 16.3. The van der Waals surface area contributed by atoms with Gasteiger partial charge in [-0.2, -0.15) is 11.8 Å². The first-order valence-corrected chi connectivity index (χ1v) is 10.1. The quantitative estimate of drug-likeness (QED) is 0.406. The van der Waals surface area contributed by atoms with E-state index >= 15 is 0 Å². The summed E-state index contributed by atoms with van der Waals surface area (Å²) < 4.78 is 10.1. The molecule has 9 heteroatoms. The molecule has 0 aromatic carbocycles. The predicted octanol–water partition coefficient (Wildman–Crippen LogP) is 1.34. The third-order valence-electron chi connectivity index (χ3n) is 3.73. The van der Waals surface area contributed by atoms with E-state index in [4.69, 9.17) is 9.47 Å². The molecule has 2 unspecified atom stereocenters. The van der Waals surface area contributed by atoms with Crippen molar-refractivity contribution in [2.24, 2.45) is 5.92 Å². The molecule has 154 valence electrons. The van der Waals surface area contributed by atoms with Gasteiger partial charge in [-0.3, -0.25) is 14.6 Å². The number of aromatic nitrogens is 1. The Morgan fingerprint density at radius 1 is 1.18 bits per heavy atom. The summed E-state index contributed by atoms with van der Waals surface area (Å²) in [6.45, 7) is 5.07. The van der Waals surface area contributed by atoms with Gasteiger partial charge in [0.1, 0.15) is 12.3 Å². The van der Waals surface area contributed by atoms with Gasteiger partial charge >= 0.3 is 11.9 Å². The summed E-state index contributed by atoms with van der Waals surface area (Å²) in [4.78, 5) is 51.4. The molecule has 1 heterocycles. The van der Waals surface area contributed by atoms with Crippen LogP contribution < -0.4 is 5.32 Å². The Bertz CT molecular complexity index is 655. The van der Waals surface area contributed by atoms with Gasteiger partial charge in [0.15, 0.2) is 0 Å². The van der Waals surface area contributed by atoms with Crippen LogP contribution >= 0.6 is 11.8 Å². The first-order valence-electron chi connectivity index (χ1n) is 8.97. The molecule has 1 aromatic heterocycles. The minimum absolute atomic E-state index is 0.196. The Hall–Kier alpha value is -2.42. The van der Waals surface area contributed by atoms with Gasteiger partial charge in [-0.25, -0.2) is 4.79 Å². The van der Waals surface area contributed by atoms with Crippen LogP contribution in [0, 0.1) is 5.92 Å². The highest BCUT2D eigenvalue weighted by Gasteiger charge is 2.32. The van der Waals surface area contributed by atoms with Gasteiger partial charge in [-0.1, -0.05) is 6.07 Å². The lowest BCUT2D eigenvalue weighted by Gasteiger charge is -2.22. The minimum atomic E-state index is -0.825. The number of ether oxygens (including phenoxy) is 2. The second kappa shape index (κ2) is 12.9. The maximum absolute atomic E-state index is 12.4. The summed E-state index contributed by atoms with van der Waals surface area (Å²) in [6, 6.07) is 2.58. The fraction of sp³-hybridized carbons (Fsp3) is 0.526. The molecule has 0 saturated carbocycles. The smallest absolute Gasteiger partial charge is 0.329 e. The second-order valence-corrected chi connectivity index (χ2v) is 6.93. The summed E-state index contributed by atoms with van der Waals surface area (Å²) >= 11 is 1.27. The SMILES string of the molecule is CCOC(=O)C(c1cccnc1)C(C=O)CSC[C@H](NC(C)=O)C(=O)OCC. The van der Waals surface area contributed by atoms with Crippen LogP contribution in [0.5, 0.6) is 0 Å². The van der Waals surface area contributed by atoms with E-state index in [2.05, 4.69) is 10.3 Å². The normalized spacial score (nSPS) is 13.7. The molecule has 3 atom stereocenters. The average molecular weight is 410 g/mol. The van der Waals surface area contributed by atoms with Crippen molar-refractivity contribution in [2.75, 3.05) is 24.7 Å². The highest BCUT2D eigenvalue weighted by Crippen LogP contribution is 2.28. The van der Waals surface area contributed by atoms with Gasteiger partial charge in [-0.05, 0) is 25.5 Å². The lowest BCUT2D eigenvalue weighted by molar-refractivity contribution is -0.147. The molecule has 0 radical (unpaired) electrons. The minimum Gasteiger partial charge on any atom is -0.466 e. The Morgan fingerprint density at radius 2 is 1.86 bits per heavy atom. The molecule has 0 saturated heterocycles. The van der Waals surface area contributed by atoms with Gasteiger partial charge in [0.2, 0.25) is 5.91 Å². The first-order chi connectivity index (χ1) is 13.4. The number of pyridine rings is 1. The van der Waals surface area contributed by atoms with E-state index in [1.807, 2.05) is 0 Å². The molecule has 1 aromatic rings. The van der Waals surface area contributed by atoms with Crippen molar-refractivity contribution in [3.63, 3.8) is 0 Å². The highest BCUT2D eigenvalue weighted by molar-refractivity contribution is 7.99. The number of hydrogen-bond acceptors (Lipinski definition) is 8. The number of thioether (sulfide) groups is 1. The molecule has 1 rings (SSSR count). The maximum Gasteiger partial charge on any atom is 0.329 e. The molecular weight excluding hydrogens is 384 g/mol. The molecule has 0 aliphatic carbocycles. The number of rotatable bonds is 12. The maximum atomic E-state index is 12.4. The first kappa shape index (κ1) is 23.6. The van der Waals surface area contributed by atoms with E-state index < -0.39 is 29.8 Å². The van der Waals surface area contributed by atoms with Crippen LogP contribution in [0.4, 0.5) is 0 Å². The second-order valence-electron chi connectivity index (χ2n) is 5.86. The molecule has 0 aliphatic heterocycles. The summed E-state index contributed by atoms with van der Waals surface area (Å²) in [5.41, 5.74) is 0.586. The van der Waals surface area contributed by atoms with E-state index in [0.29, 0.717) is 11.8 Å². The highest BCUT2D eigenvalue weighted by atomic mass is 32.2. The molecule has 0 spiro atoms. The lowest BCUT2D eigenvalue weighted by Crippen LogP contribution is -2.43. The van der Waals surface area contributed by atoms with E-state index in [-0.39, 0.29) is 30.6 Å². The standard InChI is InChI=1S/C19H26N2O6S/c1-4-26-18(24)16(21-13(3)23)12-28-11-15(10-22)17(19(25)27-5-2)14-7-6-8-20-9-14/h6-10,15-17H,4-5,11-12H2,1-3H3,(H,21,23)/t15?,16-,17?/m0/s1. The third kappa shape index (κ3) is 7.67. The third-order valence-corrected chi connectivity index (χ3v) is 4.92. The Balaban J connectivity index is 2.85. The van der Waals surface area contributed by atoms with E-state index in [1.54, 1.807) is 32.2 Å². The topological polar surface area (TPSA) is 112 Å². The van der Waals surface area contributed by atoms with Crippen molar-refractivity contribution in [1.82, 2.24) is 10.3 Å². The van der Waals surface area contributed by atoms with Crippen LogP contribution in [-0.4, -0.2) is 59.9 Å². The summed E-state index contributed by atoms with van der Waals surface area (Å²) in [5, 5.41) is 2.54. The Labute approximate surface area is 168 Å². The lowest BCUT2D eigenvalue weighted by atomic mass is 9.89. The fourth-order valence-electron chi connectivity index (χ4n) is 2.54. The van der Waals surface area contributed by atoms with Crippen LogP contribution in [0.25, 0.3) is 0 Å². The molecule has 0 bridgehead atoms. The summed E-state index contributed by atoms with van der Waals surface area (Å²) in [6.07, 6.45) is 3.81. The number of hydrogen-bond donors (Lipinski definition) is 1. The van der Waals surface area contributed by atoms with Crippen molar-refractivity contribution in [1.29, 1.82) is 0 Å². The van der Waals surface area contributed by atoms with Crippen LogP contribution in [0.2, 0.25) is 0 Å². The zero-order chi connectivity index (χ0) is 20.9. The predicted molar refractivity (Wildman–Crippen MR) is 105 cm³/mol. The van der Waals surface area contributed by atoms with E-state index in [9.17, 15) is 19.2 Å². The average Bonchev–Trinajstić information content (AvgIpc) is 2.67. The molecule has 1 N–H and O–H groups in total. The van der Waals surface area contributed by atoms with Gasteiger partial charge < -0.3 is 19.6 Å². The monoisotopic (exact) mass is 410 g/mol. The van der Waals surface area contributed by atoms with Gasteiger partial charge in [0, 0.05) is 36.7 Å². The van der Waals surface area contributed by atoms with E-state index in [0.717, 1.165) is 0 Å². The molecule has 28 heavy (non-hydrogen) atoms. The van der Waals surface area contributed by atoms with Crippen molar-refractivity contribution in [3.8, 4) is 0 Å². The fourth-order valence-corrected chi connectivity index (χ4v) is 3.68. The molecular formula is C19H26N2O6S. The number of nitrogens with one attached hydrogen (secondary N) is 1. The number of aldehydes is 1. The van der Waals surface area contributed by atoms with Crippen molar-refractivity contribution in [3.05, 3.63) is 30.1 Å². The number of nitrogens with zero attached hydrogens (tertiary/aromatic N) is 1. The van der Waals surface area contributed by atoms with Crippen molar-refractivity contribution in [2.45, 2.75) is 32.7 Å². The molecule has 8 nitrogen and oxygen atoms in total. The van der Waals surface area contributed by atoms with Crippen LogP contribution in [0.1, 0.15) is 32.3 Å². The zero-order valence-corrected chi connectivity index (χ0v) is 17.1. The molecule has 0 fully saturated rings. The molecule has 1 amide bonds. The van der Waals surface area contributed by atoms with Crippen LogP contribution in [-0.2, 0) is 28.7 Å². The number of esters is 2. The van der Waals surface area contributed by atoms with Gasteiger partial charge in [0.25, 0.3) is 0 Å².